The average Bonchev–Trinajstić information content (AvgIpc) is 2.74. The minimum Gasteiger partial charge on any atom is -0.390 e. The van der Waals surface area contributed by atoms with Crippen LogP contribution in [0, 0.1) is 6.92 Å². The van der Waals surface area contributed by atoms with Gasteiger partial charge in [-0.2, -0.15) is 0 Å². The fraction of sp³-hybridized carbons (Fsp3) is 0.385. The van der Waals surface area contributed by atoms with Crippen LogP contribution >= 0.6 is 0 Å². The molecule has 0 bridgehead atoms. The summed E-state index contributed by atoms with van der Waals surface area (Å²) in [6.07, 6.45) is -2.50. The predicted octanol–water partition coefficient (Wildman–Crippen LogP) is 1.22. The van der Waals surface area contributed by atoms with Crippen LogP contribution < -0.4 is 5.32 Å². The second-order valence-electron chi connectivity index (χ2n) is 4.76. The van der Waals surface area contributed by atoms with Crippen LogP contribution in [0.4, 0.5) is 5.69 Å². The van der Waals surface area contributed by atoms with Crippen LogP contribution in [0.1, 0.15) is 34.0 Å². The van der Waals surface area contributed by atoms with Crippen molar-refractivity contribution >= 4 is 17.4 Å². The van der Waals surface area contributed by atoms with Crippen LogP contribution in [0.2, 0.25) is 0 Å². The summed E-state index contributed by atoms with van der Waals surface area (Å²) in [5.41, 5.74) is 9.43. The number of aliphatic hydroxyl groups is 2. The minimum absolute atomic E-state index is 0.0218. The summed E-state index contributed by atoms with van der Waals surface area (Å²) >= 11 is 0. The second-order valence-corrected chi connectivity index (χ2v) is 4.76. The van der Waals surface area contributed by atoms with E-state index >= 15 is 0 Å². The molecule has 1 aliphatic heterocycles. The van der Waals surface area contributed by atoms with Gasteiger partial charge in [0.15, 0.2) is 0 Å². The average molecular weight is 290 g/mol. The van der Waals surface area contributed by atoms with Gasteiger partial charge in [-0.25, -0.2) is 0 Å². The topological polar surface area (TPSA) is 135 Å². The molecule has 8 heteroatoms. The van der Waals surface area contributed by atoms with Crippen LogP contribution in [-0.2, 0) is 4.79 Å². The van der Waals surface area contributed by atoms with Gasteiger partial charge in [-0.3, -0.25) is 9.59 Å². The Kier molecular flexibility index (Phi) is 4.23. The number of Topliss-reactive ketones (excluding diaryl/α,β-unsaturated/α-hetero) is 1. The molecule has 0 saturated carbocycles. The maximum absolute atomic E-state index is 11.9. The Balaban J connectivity index is 2.36. The lowest BCUT2D eigenvalue weighted by Gasteiger charge is -2.21. The molecular weight excluding hydrogens is 276 g/mol. The van der Waals surface area contributed by atoms with Crippen molar-refractivity contribution in [2.45, 2.75) is 25.6 Å². The molecule has 1 aromatic carbocycles. The zero-order valence-corrected chi connectivity index (χ0v) is 11.3. The zero-order chi connectivity index (χ0) is 15.6. The van der Waals surface area contributed by atoms with Crippen molar-refractivity contribution in [2.24, 2.45) is 5.11 Å². The standard InChI is InChI=1S/C13H14N4O4/c1-6-2-3-7-10(12(20)13(21)16-7)9(6)11(19)8(18)4-5-15-17-14/h2-3,8,11,18-19H,4-5H2,1H3,(H,16,20,21). The molecule has 0 radical (unpaired) electrons. The number of ketones is 1. The van der Waals surface area contributed by atoms with Gasteiger partial charge in [0.1, 0.15) is 6.10 Å². The number of aliphatic hydroxyl groups excluding tert-OH is 2. The fourth-order valence-corrected chi connectivity index (χ4v) is 2.33. The number of anilines is 1. The van der Waals surface area contributed by atoms with Crippen molar-refractivity contribution in [3.05, 3.63) is 39.3 Å². The quantitative estimate of drug-likeness (QED) is 0.325. The summed E-state index contributed by atoms with van der Waals surface area (Å²) < 4.78 is 0. The first-order valence-corrected chi connectivity index (χ1v) is 6.33. The number of nitrogens with one attached hydrogen (secondary N) is 1. The number of hydrogen-bond donors (Lipinski definition) is 3. The minimum atomic E-state index is -1.34. The molecular formula is C13H14N4O4. The summed E-state index contributed by atoms with van der Waals surface area (Å²) in [6, 6.07) is 3.23. The third kappa shape index (κ3) is 2.73. The lowest BCUT2D eigenvalue weighted by Crippen LogP contribution is -2.22. The molecule has 2 atom stereocenters. The molecule has 8 nitrogen and oxygen atoms in total. The molecule has 0 saturated heterocycles. The van der Waals surface area contributed by atoms with E-state index in [1.807, 2.05) is 0 Å². The van der Waals surface area contributed by atoms with Crippen LogP contribution in [-0.4, -0.2) is 34.6 Å². The first-order valence-electron chi connectivity index (χ1n) is 6.33. The number of benzene rings is 1. The van der Waals surface area contributed by atoms with Crippen molar-refractivity contribution in [3.8, 4) is 0 Å². The van der Waals surface area contributed by atoms with Crippen LogP contribution in [0.3, 0.4) is 0 Å². The van der Waals surface area contributed by atoms with Gasteiger partial charge in [0, 0.05) is 11.5 Å². The number of carbonyl (C=O) groups is 2. The summed E-state index contributed by atoms with van der Waals surface area (Å²) in [6.45, 7) is 1.70. The first kappa shape index (κ1) is 15.0. The molecule has 0 fully saturated rings. The van der Waals surface area contributed by atoms with Gasteiger partial charge >= 0.3 is 0 Å². The summed E-state index contributed by atoms with van der Waals surface area (Å²) in [5.74, 6) is -1.49. The Morgan fingerprint density at radius 1 is 1.38 bits per heavy atom. The van der Waals surface area contributed by atoms with Gasteiger partial charge in [0.25, 0.3) is 11.7 Å². The first-order chi connectivity index (χ1) is 9.97. The molecule has 3 N–H and O–H groups in total. The Hall–Kier alpha value is -2.41. The molecule has 0 aromatic heterocycles. The van der Waals surface area contributed by atoms with Crippen molar-refractivity contribution in [1.82, 2.24) is 0 Å². The van der Waals surface area contributed by atoms with E-state index in [0.29, 0.717) is 11.3 Å². The molecule has 0 spiro atoms. The Labute approximate surface area is 120 Å². The number of amides is 1. The van der Waals surface area contributed by atoms with Crippen molar-refractivity contribution in [2.75, 3.05) is 11.9 Å². The van der Waals surface area contributed by atoms with E-state index in [1.165, 1.54) is 0 Å². The number of aryl methyl sites for hydroxylation is 1. The van der Waals surface area contributed by atoms with Gasteiger partial charge in [0.05, 0.1) is 17.4 Å². The molecule has 1 aromatic rings. The number of nitrogens with zero attached hydrogens (tertiary/aromatic N) is 3. The van der Waals surface area contributed by atoms with E-state index in [1.54, 1.807) is 19.1 Å². The van der Waals surface area contributed by atoms with Crippen LogP contribution in [0.5, 0.6) is 0 Å². The number of hydrogen-bond acceptors (Lipinski definition) is 5. The normalized spacial score (nSPS) is 16.0. The van der Waals surface area contributed by atoms with Gasteiger partial charge in [0.2, 0.25) is 0 Å². The van der Waals surface area contributed by atoms with E-state index in [-0.39, 0.29) is 24.1 Å². The summed E-state index contributed by atoms with van der Waals surface area (Å²) in [7, 11) is 0. The van der Waals surface area contributed by atoms with Crippen LogP contribution in [0.15, 0.2) is 17.2 Å². The number of carbonyl (C=O) groups excluding carboxylic acids is 2. The second kappa shape index (κ2) is 5.92. The van der Waals surface area contributed by atoms with Crippen molar-refractivity contribution in [3.63, 3.8) is 0 Å². The molecule has 21 heavy (non-hydrogen) atoms. The molecule has 1 heterocycles. The highest BCUT2D eigenvalue weighted by molar-refractivity contribution is 6.52. The van der Waals surface area contributed by atoms with Gasteiger partial charge in [-0.05, 0) is 36.1 Å². The maximum atomic E-state index is 11.9. The third-order valence-corrected chi connectivity index (χ3v) is 3.39. The predicted molar refractivity (Wildman–Crippen MR) is 73.7 cm³/mol. The highest BCUT2D eigenvalue weighted by Crippen LogP contribution is 2.34. The number of fused-ring (bicyclic) bond motifs is 1. The summed E-state index contributed by atoms with van der Waals surface area (Å²) in [5, 5.41) is 25.9. The van der Waals surface area contributed by atoms with Gasteiger partial charge < -0.3 is 15.5 Å². The number of rotatable bonds is 5. The monoisotopic (exact) mass is 290 g/mol. The molecule has 0 aliphatic carbocycles. The van der Waals surface area contributed by atoms with E-state index in [9.17, 15) is 19.8 Å². The zero-order valence-electron chi connectivity index (χ0n) is 11.3. The Morgan fingerprint density at radius 2 is 2.10 bits per heavy atom. The molecule has 110 valence electrons. The molecule has 2 unspecified atom stereocenters. The van der Waals surface area contributed by atoms with Gasteiger partial charge in [-0.1, -0.05) is 11.2 Å². The van der Waals surface area contributed by atoms with E-state index in [2.05, 4.69) is 15.3 Å². The van der Waals surface area contributed by atoms with Crippen molar-refractivity contribution in [1.29, 1.82) is 0 Å². The van der Waals surface area contributed by atoms with Crippen molar-refractivity contribution < 1.29 is 19.8 Å². The fourth-order valence-electron chi connectivity index (χ4n) is 2.33. The SMILES string of the molecule is Cc1ccc2c(c1C(O)C(O)CCN=[N+]=[N-])C(=O)C(=O)N2. The highest BCUT2D eigenvalue weighted by Gasteiger charge is 2.35. The third-order valence-electron chi connectivity index (χ3n) is 3.39. The lowest BCUT2D eigenvalue weighted by molar-refractivity contribution is -0.112. The van der Waals surface area contributed by atoms with E-state index < -0.39 is 23.9 Å². The van der Waals surface area contributed by atoms with Gasteiger partial charge in [-0.15, -0.1) is 0 Å². The maximum Gasteiger partial charge on any atom is 0.296 e. The lowest BCUT2D eigenvalue weighted by atomic mass is 9.91. The van der Waals surface area contributed by atoms with E-state index in [0.717, 1.165) is 0 Å². The highest BCUT2D eigenvalue weighted by atomic mass is 16.3. The molecule has 2 rings (SSSR count). The number of azide groups is 1. The molecule has 1 aliphatic rings. The Morgan fingerprint density at radius 3 is 2.76 bits per heavy atom. The van der Waals surface area contributed by atoms with E-state index in [4.69, 9.17) is 5.53 Å². The largest absolute Gasteiger partial charge is 0.390 e. The molecule has 1 amide bonds. The Bertz CT molecular complexity index is 652. The summed E-state index contributed by atoms with van der Waals surface area (Å²) in [4.78, 5) is 25.9. The smallest absolute Gasteiger partial charge is 0.296 e. The van der Waals surface area contributed by atoms with Crippen LogP contribution in [0.25, 0.3) is 10.4 Å².